The maximum atomic E-state index is 10.7. The summed E-state index contributed by atoms with van der Waals surface area (Å²) in [6, 6.07) is 0.252. The molecule has 1 saturated heterocycles. The number of primary amides is 1. The Hall–Kier alpha value is -0.610. The summed E-state index contributed by atoms with van der Waals surface area (Å²) in [5.41, 5.74) is 5.14. The van der Waals surface area contributed by atoms with E-state index in [4.69, 9.17) is 5.73 Å². The molecule has 0 radical (unpaired) electrons. The van der Waals surface area contributed by atoms with Gasteiger partial charge in [0.05, 0.1) is 6.04 Å². The van der Waals surface area contributed by atoms with Gasteiger partial charge in [-0.1, -0.05) is 0 Å². The number of amides is 1. The highest BCUT2D eigenvalue weighted by Crippen LogP contribution is 2.02. The Morgan fingerprint density at radius 1 is 1.58 bits per heavy atom. The van der Waals surface area contributed by atoms with Crippen LogP contribution in [0.2, 0.25) is 0 Å². The summed E-state index contributed by atoms with van der Waals surface area (Å²) in [5, 5.41) is 6.46. The number of piperidine rings is 1. The number of nitrogens with two attached hydrogens (primary N) is 1. The van der Waals surface area contributed by atoms with Crippen molar-refractivity contribution in [3.63, 3.8) is 0 Å². The Balaban J connectivity index is 2.24. The summed E-state index contributed by atoms with van der Waals surface area (Å²) in [7, 11) is 0. The van der Waals surface area contributed by atoms with Crippen molar-refractivity contribution in [2.75, 3.05) is 13.1 Å². The van der Waals surface area contributed by atoms with Crippen LogP contribution >= 0.6 is 0 Å². The average molecular weight is 171 g/mol. The minimum atomic E-state index is -0.270. The van der Waals surface area contributed by atoms with Crippen molar-refractivity contribution in [2.45, 2.75) is 31.8 Å². The molecule has 4 nitrogen and oxygen atoms in total. The van der Waals surface area contributed by atoms with Crippen molar-refractivity contribution in [3.05, 3.63) is 0 Å². The van der Waals surface area contributed by atoms with Crippen molar-refractivity contribution >= 4 is 5.91 Å². The number of carbonyl (C=O) groups excluding carboxylic acids is 1. The summed E-state index contributed by atoms with van der Waals surface area (Å²) in [6.45, 7) is 3.87. The van der Waals surface area contributed by atoms with Gasteiger partial charge >= 0.3 is 0 Å². The van der Waals surface area contributed by atoms with E-state index in [9.17, 15) is 4.79 Å². The van der Waals surface area contributed by atoms with Gasteiger partial charge in [0.15, 0.2) is 0 Å². The van der Waals surface area contributed by atoms with E-state index in [1.54, 1.807) is 0 Å². The lowest BCUT2D eigenvalue weighted by atomic mass is 10.1. The Kier molecular flexibility index (Phi) is 3.49. The first-order valence-corrected chi connectivity index (χ1v) is 4.46. The van der Waals surface area contributed by atoms with E-state index in [0.29, 0.717) is 6.04 Å². The highest BCUT2D eigenvalue weighted by molar-refractivity contribution is 5.79. The molecule has 0 spiro atoms. The van der Waals surface area contributed by atoms with Crippen LogP contribution in [0, 0.1) is 0 Å². The molecule has 0 aliphatic carbocycles. The summed E-state index contributed by atoms with van der Waals surface area (Å²) >= 11 is 0. The van der Waals surface area contributed by atoms with Gasteiger partial charge < -0.3 is 16.4 Å². The Bertz CT molecular complexity index is 154. The van der Waals surface area contributed by atoms with Gasteiger partial charge in [-0.2, -0.15) is 0 Å². The van der Waals surface area contributed by atoms with Crippen LogP contribution in [0.1, 0.15) is 19.8 Å². The molecule has 12 heavy (non-hydrogen) atoms. The third kappa shape index (κ3) is 2.79. The molecule has 1 atom stereocenters. The van der Waals surface area contributed by atoms with Crippen LogP contribution in [0.15, 0.2) is 0 Å². The molecular weight excluding hydrogens is 154 g/mol. The summed E-state index contributed by atoms with van der Waals surface area (Å²) in [4.78, 5) is 10.7. The van der Waals surface area contributed by atoms with Crippen LogP contribution in [0.5, 0.6) is 0 Å². The second-order valence-corrected chi connectivity index (χ2v) is 3.31. The van der Waals surface area contributed by atoms with Crippen molar-refractivity contribution in [1.29, 1.82) is 0 Å². The normalized spacial score (nSPS) is 22.1. The zero-order valence-corrected chi connectivity index (χ0v) is 7.47. The molecule has 4 heteroatoms. The van der Waals surface area contributed by atoms with Crippen molar-refractivity contribution in [1.82, 2.24) is 10.6 Å². The highest BCUT2D eigenvalue weighted by Gasteiger charge is 2.17. The van der Waals surface area contributed by atoms with Crippen LogP contribution in [-0.4, -0.2) is 31.1 Å². The summed E-state index contributed by atoms with van der Waals surface area (Å²) < 4.78 is 0. The van der Waals surface area contributed by atoms with Gasteiger partial charge in [0.2, 0.25) is 5.91 Å². The number of hydrogen-bond donors (Lipinski definition) is 3. The fourth-order valence-electron chi connectivity index (χ4n) is 1.42. The Morgan fingerprint density at radius 3 is 2.67 bits per heavy atom. The van der Waals surface area contributed by atoms with Gasteiger partial charge in [-0.05, 0) is 32.9 Å². The summed E-state index contributed by atoms with van der Waals surface area (Å²) in [6.07, 6.45) is 2.16. The maximum absolute atomic E-state index is 10.7. The van der Waals surface area contributed by atoms with Crippen molar-refractivity contribution in [3.8, 4) is 0 Å². The standard InChI is InChI=1S/C8H17N3O/c1-6(8(9)12)11-7-2-4-10-5-3-7/h6-7,10-11H,2-5H2,1H3,(H2,9,12). The number of rotatable bonds is 3. The third-order valence-electron chi connectivity index (χ3n) is 2.25. The lowest BCUT2D eigenvalue weighted by Gasteiger charge is -2.25. The van der Waals surface area contributed by atoms with Crippen LogP contribution in [0.4, 0.5) is 0 Å². The van der Waals surface area contributed by atoms with Gasteiger partial charge in [0.1, 0.15) is 0 Å². The van der Waals surface area contributed by atoms with E-state index in [-0.39, 0.29) is 11.9 Å². The zero-order valence-electron chi connectivity index (χ0n) is 7.47. The summed E-state index contributed by atoms with van der Waals surface area (Å²) in [5.74, 6) is -0.270. The van der Waals surface area contributed by atoms with Crippen LogP contribution in [-0.2, 0) is 4.79 Å². The van der Waals surface area contributed by atoms with Gasteiger partial charge in [0, 0.05) is 6.04 Å². The smallest absolute Gasteiger partial charge is 0.234 e. The Labute approximate surface area is 72.9 Å². The number of nitrogens with one attached hydrogen (secondary N) is 2. The first kappa shape index (κ1) is 9.48. The predicted octanol–water partition coefficient (Wildman–Crippen LogP) is -0.798. The molecule has 1 fully saturated rings. The third-order valence-corrected chi connectivity index (χ3v) is 2.25. The molecule has 1 amide bonds. The van der Waals surface area contributed by atoms with Crippen LogP contribution in [0.3, 0.4) is 0 Å². The SMILES string of the molecule is CC(NC1CCNCC1)C(N)=O. The van der Waals surface area contributed by atoms with E-state index >= 15 is 0 Å². The second kappa shape index (κ2) is 4.42. The van der Waals surface area contributed by atoms with Crippen LogP contribution in [0.25, 0.3) is 0 Å². The molecule has 0 aromatic heterocycles. The molecule has 0 saturated carbocycles. The fraction of sp³-hybridized carbons (Fsp3) is 0.875. The molecule has 70 valence electrons. The molecule has 1 unspecified atom stereocenters. The Morgan fingerprint density at radius 2 is 2.17 bits per heavy atom. The highest BCUT2D eigenvalue weighted by atomic mass is 16.1. The maximum Gasteiger partial charge on any atom is 0.234 e. The second-order valence-electron chi connectivity index (χ2n) is 3.31. The lowest BCUT2D eigenvalue weighted by molar-refractivity contribution is -0.119. The van der Waals surface area contributed by atoms with Gasteiger partial charge in [0.25, 0.3) is 0 Å². The van der Waals surface area contributed by atoms with E-state index in [1.807, 2.05) is 6.92 Å². The predicted molar refractivity (Wildman–Crippen MR) is 47.7 cm³/mol. The molecule has 1 aliphatic rings. The van der Waals surface area contributed by atoms with Crippen molar-refractivity contribution in [2.24, 2.45) is 5.73 Å². The van der Waals surface area contributed by atoms with E-state index in [0.717, 1.165) is 25.9 Å². The first-order valence-electron chi connectivity index (χ1n) is 4.46. The van der Waals surface area contributed by atoms with E-state index in [1.165, 1.54) is 0 Å². The zero-order chi connectivity index (χ0) is 8.97. The molecule has 1 aliphatic heterocycles. The molecule has 1 heterocycles. The molecule has 0 aromatic rings. The van der Waals surface area contributed by atoms with E-state index in [2.05, 4.69) is 10.6 Å². The fourth-order valence-corrected chi connectivity index (χ4v) is 1.42. The molecule has 1 rings (SSSR count). The van der Waals surface area contributed by atoms with Gasteiger partial charge in [-0.3, -0.25) is 4.79 Å². The monoisotopic (exact) mass is 171 g/mol. The number of hydrogen-bond acceptors (Lipinski definition) is 3. The van der Waals surface area contributed by atoms with E-state index < -0.39 is 0 Å². The van der Waals surface area contributed by atoms with Crippen LogP contribution < -0.4 is 16.4 Å². The topological polar surface area (TPSA) is 67.2 Å². The quantitative estimate of drug-likeness (QED) is 0.521. The first-order chi connectivity index (χ1) is 5.70. The molecular formula is C8H17N3O. The largest absolute Gasteiger partial charge is 0.368 e. The van der Waals surface area contributed by atoms with Gasteiger partial charge in [-0.25, -0.2) is 0 Å². The minimum Gasteiger partial charge on any atom is -0.368 e. The minimum absolute atomic E-state index is 0.201. The molecule has 0 aromatic carbocycles. The lowest BCUT2D eigenvalue weighted by Crippen LogP contribution is -2.48. The molecule has 0 bridgehead atoms. The van der Waals surface area contributed by atoms with Crippen molar-refractivity contribution < 1.29 is 4.79 Å². The molecule has 4 N–H and O–H groups in total. The van der Waals surface area contributed by atoms with Gasteiger partial charge in [-0.15, -0.1) is 0 Å². The number of carbonyl (C=O) groups is 1. The average Bonchev–Trinajstić information content (AvgIpc) is 2.06.